The molecule has 26 heavy (non-hydrogen) atoms. The molecule has 0 unspecified atom stereocenters. The molecule has 2 rings (SSSR count). The Labute approximate surface area is 154 Å². The number of halogens is 1. The van der Waals surface area contributed by atoms with Crippen molar-refractivity contribution in [2.75, 3.05) is 44.7 Å². The molecule has 1 aromatic carbocycles. The Morgan fingerprint density at radius 2 is 1.81 bits per heavy atom. The monoisotopic (exact) mass is 365 g/mol. The first-order valence-corrected chi connectivity index (χ1v) is 9.04. The van der Waals surface area contributed by atoms with Crippen molar-refractivity contribution in [3.05, 3.63) is 30.1 Å². The number of hydrogen-bond donors (Lipinski definition) is 1. The minimum Gasteiger partial charge on any atom is -0.467 e. The summed E-state index contributed by atoms with van der Waals surface area (Å²) in [5.41, 5.74) is 0.984. The van der Waals surface area contributed by atoms with Crippen LogP contribution in [-0.4, -0.2) is 62.7 Å². The number of piperazine rings is 1. The number of carbonyl (C=O) groups is 2. The standard InChI is InChI=1S/C19H28FN3O3/c1-4-14(2)18(19(25)26-3)21-17(24)13-22-9-11-23(12-10-22)16-7-5-15(20)6-8-16/h5-8,14,18H,4,9-13H2,1-3H3,(H,21,24)/t14-,18-/m1/s1. The van der Waals surface area contributed by atoms with E-state index in [0.717, 1.165) is 38.3 Å². The van der Waals surface area contributed by atoms with Gasteiger partial charge in [-0.25, -0.2) is 9.18 Å². The van der Waals surface area contributed by atoms with Crippen LogP contribution in [-0.2, 0) is 14.3 Å². The number of methoxy groups -OCH3 is 1. The number of nitrogens with zero attached hydrogens (tertiary/aromatic N) is 2. The van der Waals surface area contributed by atoms with Gasteiger partial charge in [0.25, 0.3) is 0 Å². The third-order valence-electron chi connectivity index (χ3n) is 4.92. The Morgan fingerprint density at radius 3 is 2.35 bits per heavy atom. The molecule has 144 valence electrons. The van der Waals surface area contributed by atoms with Gasteiger partial charge in [0.1, 0.15) is 11.9 Å². The van der Waals surface area contributed by atoms with E-state index in [2.05, 4.69) is 15.1 Å². The molecule has 1 amide bonds. The summed E-state index contributed by atoms with van der Waals surface area (Å²) in [6, 6.07) is 5.84. The van der Waals surface area contributed by atoms with Gasteiger partial charge in [0.05, 0.1) is 13.7 Å². The normalized spacial score (nSPS) is 17.5. The van der Waals surface area contributed by atoms with E-state index in [1.165, 1.54) is 19.2 Å². The van der Waals surface area contributed by atoms with Crippen molar-refractivity contribution < 1.29 is 18.7 Å². The van der Waals surface area contributed by atoms with Gasteiger partial charge in [-0.3, -0.25) is 9.69 Å². The number of anilines is 1. The lowest BCUT2D eigenvalue weighted by atomic mass is 9.99. The van der Waals surface area contributed by atoms with Gasteiger partial charge in [-0.05, 0) is 30.2 Å². The topological polar surface area (TPSA) is 61.9 Å². The number of nitrogens with one attached hydrogen (secondary N) is 1. The highest BCUT2D eigenvalue weighted by atomic mass is 19.1. The van der Waals surface area contributed by atoms with Gasteiger partial charge in [-0.1, -0.05) is 20.3 Å². The number of hydrogen-bond acceptors (Lipinski definition) is 5. The molecule has 0 radical (unpaired) electrons. The van der Waals surface area contributed by atoms with Crippen molar-refractivity contribution in [1.29, 1.82) is 0 Å². The minimum absolute atomic E-state index is 0.0155. The van der Waals surface area contributed by atoms with E-state index >= 15 is 0 Å². The van der Waals surface area contributed by atoms with Gasteiger partial charge in [-0.15, -0.1) is 0 Å². The summed E-state index contributed by atoms with van der Waals surface area (Å²) in [5.74, 6) is -0.808. The molecule has 0 aliphatic carbocycles. The Balaban J connectivity index is 1.83. The van der Waals surface area contributed by atoms with E-state index in [9.17, 15) is 14.0 Å². The summed E-state index contributed by atoms with van der Waals surface area (Å²) in [6.07, 6.45) is 0.774. The number of amides is 1. The molecule has 1 aromatic rings. The molecule has 7 heteroatoms. The van der Waals surface area contributed by atoms with Crippen LogP contribution >= 0.6 is 0 Å². The maximum absolute atomic E-state index is 13.0. The molecule has 1 aliphatic heterocycles. The molecular weight excluding hydrogens is 337 g/mol. The molecule has 0 spiro atoms. The highest BCUT2D eigenvalue weighted by Gasteiger charge is 2.27. The third kappa shape index (κ3) is 5.42. The largest absolute Gasteiger partial charge is 0.467 e. The SMILES string of the molecule is CC[C@@H](C)[C@@H](NC(=O)CN1CCN(c2ccc(F)cc2)CC1)C(=O)OC. The quantitative estimate of drug-likeness (QED) is 0.745. The molecule has 0 aromatic heterocycles. The second kappa shape index (κ2) is 9.52. The van der Waals surface area contributed by atoms with E-state index in [1.54, 1.807) is 12.1 Å². The molecule has 1 aliphatic rings. The predicted octanol–water partition coefficient (Wildman–Crippen LogP) is 1.65. The molecular formula is C19H28FN3O3. The summed E-state index contributed by atoms with van der Waals surface area (Å²) in [5, 5.41) is 2.80. The zero-order valence-corrected chi connectivity index (χ0v) is 15.7. The molecule has 0 bridgehead atoms. The zero-order chi connectivity index (χ0) is 19.1. The van der Waals surface area contributed by atoms with Crippen molar-refractivity contribution in [3.8, 4) is 0 Å². The van der Waals surface area contributed by atoms with Gasteiger partial charge < -0.3 is 15.0 Å². The second-order valence-corrected chi connectivity index (χ2v) is 6.69. The Bertz CT molecular complexity index is 601. The molecule has 1 fully saturated rings. The summed E-state index contributed by atoms with van der Waals surface area (Å²) in [4.78, 5) is 28.4. The first-order chi connectivity index (χ1) is 12.4. The summed E-state index contributed by atoms with van der Waals surface area (Å²) >= 11 is 0. The Hall–Kier alpha value is -2.15. The van der Waals surface area contributed by atoms with E-state index in [-0.39, 0.29) is 24.2 Å². The van der Waals surface area contributed by atoms with Crippen LogP contribution in [0.3, 0.4) is 0 Å². The molecule has 2 atom stereocenters. The fourth-order valence-corrected chi connectivity index (χ4v) is 3.03. The Morgan fingerprint density at radius 1 is 1.19 bits per heavy atom. The van der Waals surface area contributed by atoms with Gasteiger partial charge in [0.2, 0.25) is 5.91 Å². The van der Waals surface area contributed by atoms with Gasteiger partial charge in [-0.2, -0.15) is 0 Å². The summed E-state index contributed by atoms with van der Waals surface area (Å²) in [6.45, 7) is 7.15. The number of rotatable bonds is 7. The molecule has 1 N–H and O–H groups in total. The first kappa shape index (κ1) is 20.2. The van der Waals surface area contributed by atoms with Crippen molar-refractivity contribution in [3.63, 3.8) is 0 Å². The lowest BCUT2D eigenvalue weighted by Gasteiger charge is -2.36. The van der Waals surface area contributed by atoms with Crippen molar-refractivity contribution in [2.45, 2.75) is 26.3 Å². The number of ether oxygens (including phenoxy) is 1. The maximum atomic E-state index is 13.0. The van der Waals surface area contributed by atoms with Crippen molar-refractivity contribution >= 4 is 17.6 Å². The number of carbonyl (C=O) groups excluding carboxylic acids is 2. The van der Waals surface area contributed by atoms with Gasteiger partial charge in [0, 0.05) is 31.9 Å². The third-order valence-corrected chi connectivity index (χ3v) is 4.92. The van der Waals surface area contributed by atoms with E-state index < -0.39 is 12.0 Å². The van der Waals surface area contributed by atoms with Gasteiger partial charge in [0.15, 0.2) is 0 Å². The van der Waals surface area contributed by atoms with Crippen LogP contribution in [0.15, 0.2) is 24.3 Å². The van der Waals surface area contributed by atoms with Crippen molar-refractivity contribution in [2.24, 2.45) is 5.92 Å². The van der Waals surface area contributed by atoms with Crippen LogP contribution in [0.1, 0.15) is 20.3 Å². The highest BCUT2D eigenvalue weighted by Crippen LogP contribution is 2.17. The fourth-order valence-electron chi connectivity index (χ4n) is 3.03. The van der Waals surface area contributed by atoms with Crippen LogP contribution in [0.4, 0.5) is 10.1 Å². The molecule has 6 nitrogen and oxygen atoms in total. The second-order valence-electron chi connectivity index (χ2n) is 6.69. The smallest absolute Gasteiger partial charge is 0.328 e. The maximum Gasteiger partial charge on any atom is 0.328 e. The number of esters is 1. The average molecular weight is 365 g/mol. The predicted molar refractivity (Wildman–Crippen MR) is 98.5 cm³/mol. The lowest BCUT2D eigenvalue weighted by Crippen LogP contribution is -2.52. The number of benzene rings is 1. The lowest BCUT2D eigenvalue weighted by molar-refractivity contribution is -0.146. The average Bonchev–Trinajstić information content (AvgIpc) is 2.66. The van der Waals surface area contributed by atoms with E-state index in [0.29, 0.717) is 0 Å². The van der Waals surface area contributed by atoms with E-state index in [4.69, 9.17) is 4.74 Å². The van der Waals surface area contributed by atoms with Crippen LogP contribution in [0.25, 0.3) is 0 Å². The van der Waals surface area contributed by atoms with Crippen LogP contribution in [0, 0.1) is 11.7 Å². The van der Waals surface area contributed by atoms with Crippen LogP contribution in [0.5, 0.6) is 0 Å². The van der Waals surface area contributed by atoms with Crippen LogP contribution < -0.4 is 10.2 Å². The highest BCUT2D eigenvalue weighted by molar-refractivity contribution is 5.85. The van der Waals surface area contributed by atoms with Crippen LogP contribution in [0.2, 0.25) is 0 Å². The first-order valence-electron chi connectivity index (χ1n) is 9.04. The molecule has 0 saturated carbocycles. The van der Waals surface area contributed by atoms with Crippen molar-refractivity contribution in [1.82, 2.24) is 10.2 Å². The molecule has 1 heterocycles. The van der Waals surface area contributed by atoms with E-state index in [1.807, 2.05) is 13.8 Å². The minimum atomic E-state index is -0.613. The van der Waals surface area contributed by atoms with Gasteiger partial charge >= 0.3 is 5.97 Å². The Kier molecular flexibility index (Phi) is 7.38. The molecule has 1 saturated heterocycles. The fraction of sp³-hybridized carbons (Fsp3) is 0.579. The summed E-state index contributed by atoms with van der Waals surface area (Å²) < 4.78 is 17.8. The summed E-state index contributed by atoms with van der Waals surface area (Å²) in [7, 11) is 1.33. The zero-order valence-electron chi connectivity index (χ0n) is 15.7.